The highest BCUT2D eigenvalue weighted by Crippen LogP contribution is 2.28. The molecule has 0 saturated carbocycles. The Hall–Kier alpha value is -8.28. The molecule has 0 aliphatic carbocycles. The summed E-state index contributed by atoms with van der Waals surface area (Å²) in [5.41, 5.74) is 4.50. The van der Waals surface area contributed by atoms with E-state index in [4.69, 9.17) is 21.1 Å². The summed E-state index contributed by atoms with van der Waals surface area (Å²) in [7, 11) is 0. The van der Waals surface area contributed by atoms with Crippen LogP contribution < -0.4 is 4.74 Å². The van der Waals surface area contributed by atoms with Crippen LogP contribution in [0.15, 0.2) is 170 Å². The number of nitrogens with zero attached hydrogens (tertiary/aromatic N) is 7. The van der Waals surface area contributed by atoms with Gasteiger partial charge in [0.2, 0.25) is 0 Å². The molecule has 7 aromatic rings. The smallest absolute Gasteiger partial charge is 0.170 e. The van der Waals surface area contributed by atoms with Crippen molar-refractivity contribution in [2.24, 2.45) is 5.41 Å². The van der Waals surface area contributed by atoms with Gasteiger partial charge in [0.25, 0.3) is 0 Å². The molecule has 0 unspecified atom stereocenters. The number of ketones is 7. The van der Waals surface area contributed by atoms with Gasteiger partial charge in [-0.25, -0.2) is 17.6 Å². The first kappa shape index (κ1) is 103. The SMILES string of the molecule is CC(C)(C)c1ccc(C(=O)CCN2CCCCC2)cc1.CC(C)(CN1CCCCC1)C(=O)c1ccccc1.CCOc1ccccc1C(=O)CCN1CCOCC1.O=C(CCN1CCCCC1)c1c(F)cccc1F.O=C(CCN1CCCCC1)c1cc(F)ccc1F.O=C(CCN1CCCCC1)c1ccccc1.O=C(CCN1CCCCC1)c1ccccc1Cl. The number of morpholine rings is 1. The van der Waals surface area contributed by atoms with Crippen molar-refractivity contribution in [2.75, 3.05) is 157 Å². The van der Waals surface area contributed by atoms with Gasteiger partial charge in [0.05, 0.1) is 41.5 Å². The molecule has 7 heterocycles. The highest BCUT2D eigenvalue weighted by atomic mass is 35.5. The number of halogens is 5. The molecule has 0 radical (unpaired) electrons. The maximum Gasteiger partial charge on any atom is 0.170 e. The maximum atomic E-state index is 13.4. The van der Waals surface area contributed by atoms with Crippen LogP contribution in [-0.4, -0.2) is 232 Å². The number of piperidine rings is 6. The highest BCUT2D eigenvalue weighted by molar-refractivity contribution is 6.34. The zero-order valence-corrected chi connectivity index (χ0v) is 77.1. The molecule has 0 spiro atoms. The molecule has 16 nitrogen and oxygen atoms in total. The Morgan fingerprint density at radius 3 is 1.11 bits per heavy atom. The largest absolute Gasteiger partial charge is 0.493 e. The normalized spacial score (nSPS) is 17.0. The standard InChI is InChI=1S/C18H27NO.C16H23NO.C15H21NO3.C14H18ClNO.2C14H17F2NO.C14H19NO/c1-18(2,3)16-9-7-15(8-10-16)17(20)11-14-19-12-5-4-6-13-19;1-16(2,13-17-11-7-4-8-12-17)15(18)14-9-5-3-6-10-14;1-2-19-15-6-4-3-5-13(15)14(17)7-8-16-9-11-18-12-10-16;15-13-7-3-2-6-12(13)14(17)8-11-16-9-4-1-5-10-16;15-11-4-5-13(16)12(10-11)14(18)6-9-17-7-2-1-3-8-17;15-11-5-4-6-12(16)14(11)13(18)7-10-17-8-2-1-3-9-17;16-14(13-7-3-1-4-8-13)9-12-15-10-5-2-6-11-15/h7-10H,4-6,11-14H2,1-3H3;3,5-6,9-10H,4,7-8,11-13H2,1-2H3;3-6H,2,7-12H2,1H3;2-3,6-7H,1,4-5,8-11H2;4-5,10H,1-3,6-9H2;4-6H,1-3,7-10H2;1,3-4,7-8H,2,5-6,9-12H2. The zero-order chi connectivity index (χ0) is 90.3. The Balaban J connectivity index is 0.000000182. The average Bonchev–Trinajstić information content (AvgIpc) is 0.828. The monoisotopic (exact) mass is 1760 g/mol. The van der Waals surface area contributed by atoms with Crippen LogP contribution in [-0.2, 0) is 10.2 Å². The minimum absolute atomic E-state index is 0.132. The summed E-state index contributed by atoms with van der Waals surface area (Å²) in [4.78, 5) is 101. The van der Waals surface area contributed by atoms with Crippen LogP contribution in [0, 0.1) is 28.7 Å². The fraction of sp³-hybridized carbons (Fsp3) is 0.533. The lowest BCUT2D eigenvalue weighted by Crippen LogP contribution is -2.41. The van der Waals surface area contributed by atoms with E-state index in [0.717, 1.165) is 197 Å². The van der Waals surface area contributed by atoms with Crippen LogP contribution in [0.4, 0.5) is 17.6 Å². The van der Waals surface area contributed by atoms with Gasteiger partial charge >= 0.3 is 0 Å². The quantitative estimate of drug-likeness (QED) is 0.0309. The first-order valence-corrected chi connectivity index (χ1v) is 47.2. The first-order valence-electron chi connectivity index (χ1n) is 46.8. The van der Waals surface area contributed by atoms with Crippen molar-refractivity contribution in [2.45, 2.75) is 201 Å². The lowest BCUT2D eigenvalue weighted by atomic mass is 9.83. The number of rotatable bonds is 30. The van der Waals surface area contributed by atoms with Gasteiger partial charge in [-0.3, -0.25) is 38.5 Å². The molecule has 0 aromatic heterocycles. The second kappa shape index (κ2) is 56.9. The minimum atomic E-state index is -0.765. The Bertz CT molecular complexity index is 4360. The number of ether oxygens (including phenoxy) is 2. The molecule has 0 N–H and O–H groups in total. The Morgan fingerprint density at radius 2 is 0.690 bits per heavy atom. The van der Waals surface area contributed by atoms with Crippen LogP contribution in [0.2, 0.25) is 5.02 Å². The number of Topliss-reactive ketones (excluding diaryl/α,β-unsaturated/α-hetero) is 7. The van der Waals surface area contributed by atoms with E-state index in [1.807, 2.05) is 116 Å². The summed E-state index contributed by atoms with van der Waals surface area (Å²) in [6.07, 6.45) is 25.5. The fourth-order valence-corrected chi connectivity index (χ4v) is 17.0. The molecule has 0 atom stereocenters. The van der Waals surface area contributed by atoms with E-state index in [2.05, 4.69) is 81.1 Å². The molecule has 7 fully saturated rings. The van der Waals surface area contributed by atoms with Crippen molar-refractivity contribution in [1.29, 1.82) is 0 Å². The van der Waals surface area contributed by atoms with Gasteiger partial charge in [-0.2, -0.15) is 0 Å². The van der Waals surface area contributed by atoms with Crippen LogP contribution in [0.25, 0.3) is 0 Å². The number of para-hydroxylation sites is 1. The van der Waals surface area contributed by atoms with E-state index in [9.17, 15) is 51.1 Å². The number of likely N-dealkylation sites (tertiary alicyclic amines) is 6. The number of hydrogen-bond donors (Lipinski definition) is 0. The second-order valence-corrected chi connectivity index (χ2v) is 36.2. The van der Waals surface area contributed by atoms with Crippen molar-refractivity contribution in [3.05, 3.63) is 243 Å². The van der Waals surface area contributed by atoms with Crippen molar-refractivity contribution < 1.29 is 60.6 Å². The number of carbonyl (C=O) groups excluding carboxylic acids is 7. The summed E-state index contributed by atoms with van der Waals surface area (Å²) in [5.74, 6) is -1.71. The van der Waals surface area contributed by atoms with E-state index in [1.54, 1.807) is 12.1 Å². The molecular formula is C105H142ClF4N7O9. The van der Waals surface area contributed by atoms with Crippen molar-refractivity contribution >= 4 is 52.1 Å². The van der Waals surface area contributed by atoms with Gasteiger partial charge in [-0.15, -0.1) is 0 Å². The molecule has 21 heteroatoms. The topological polar surface area (TPSA) is 161 Å². The predicted molar refractivity (Wildman–Crippen MR) is 501 cm³/mol. The van der Waals surface area contributed by atoms with Gasteiger partial charge in [0.1, 0.15) is 29.0 Å². The van der Waals surface area contributed by atoms with Crippen LogP contribution in [0.3, 0.4) is 0 Å². The number of carbonyl (C=O) groups is 7. The summed E-state index contributed by atoms with van der Waals surface area (Å²) in [6, 6.07) is 48.7. The Morgan fingerprint density at radius 1 is 0.341 bits per heavy atom. The second-order valence-electron chi connectivity index (χ2n) is 35.7. The van der Waals surface area contributed by atoms with Gasteiger partial charge in [0.15, 0.2) is 40.5 Å². The van der Waals surface area contributed by atoms with Crippen molar-refractivity contribution in [3.8, 4) is 5.75 Å². The maximum absolute atomic E-state index is 13.4. The van der Waals surface area contributed by atoms with E-state index in [-0.39, 0.29) is 63.9 Å². The third kappa shape index (κ3) is 37.8. The van der Waals surface area contributed by atoms with Gasteiger partial charge in [-0.05, 0) is 228 Å². The Kier molecular flexibility index (Phi) is 46.6. The molecule has 7 aliphatic rings. The minimum Gasteiger partial charge on any atom is -0.493 e. The van der Waals surface area contributed by atoms with Crippen LogP contribution >= 0.6 is 11.6 Å². The third-order valence-corrected chi connectivity index (χ3v) is 24.6. The molecule has 14 rings (SSSR count). The van der Waals surface area contributed by atoms with Gasteiger partial charge < -0.3 is 38.9 Å². The molecular weight excluding hydrogens is 1610 g/mol. The fourth-order valence-electron chi connectivity index (χ4n) is 16.8. The lowest BCUT2D eigenvalue weighted by Gasteiger charge is -2.34. The van der Waals surface area contributed by atoms with Crippen molar-refractivity contribution in [3.63, 3.8) is 0 Å². The number of benzene rings is 7. The van der Waals surface area contributed by atoms with Gasteiger partial charge in [0, 0.05) is 125 Å². The molecule has 126 heavy (non-hydrogen) atoms. The molecule has 7 aliphatic heterocycles. The van der Waals surface area contributed by atoms with Crippen LogP contribution in [0.5, 0.6) is 5.75 Å². The molecule has 686 valence electrons. The summed E-state index contributed by atoms with van der Waals surface area (Å²) >= 11 is 6.01. The molecule has 7 saturated heterocycles. The first-order chi connectivity index (χ1) is 60.8. The molecule has 0 amide bonds. The third-order valence-electron chi connectivity index (χ3n) is 24.3. The van der Waals surface area contributed by atoms with E-state index in [1.165, 1.54) is 115 Å². The lowest BCUT2D eigenvalue weighted by molar-refractivity contribution is 0.0370. The Labute approximate surface area is 754 Å². The van der Waals surface area contributed by atoms with E-state index < -0.39 is 34.6 Å². The van der Waals surface area contributed by atoms with Gasteiger partial charge in [-0.1, -0.05) is 200 Å². The number of hydrogen-bond acceptors (Lipinski definition) is 16. The van der Waals surface area contributed by atoms with Crippen LogP contribution in [0.1, 0.15) is 274 Å². The zero-order valence-electron chi connectivity index (χ0n) is 76.3. The molecule has 0 bridgehead atoms. The van der Waals surface area contributed by atoms with Crippen molar-refractivity contribution in [1.82, 2.24) is 34.3 Å². The highest BCUT2D eigenvalue weighted by Gasteiger charge is 2.32. The molecule has 7 aromatic carbocycles. The summed E-state index contributed by atoms with van der Waals surface area (Å²) in [6.45, 7) is 35.4. The summed E-state index contributed by atoms with van der Waals surface area (Å²) < 4.78 is 63.9. The average molecular weight is 1760 g/mol. The predicted octanol–water partition coefficient (Wildman–Crippen LogP) is 21.6. The van der Waals surface area contributed by atoms with E-state index >= 15 is 0 Å². The van der Waals surface area contributed by atoms with E-state index in [0.29, 0.717) is 67.3 Å². The summed E-state index contributed by atoms with van der Waals surface area (Å²) in [5, 5.41) is 0.566.